The van der Waals surface area contributed by atoms with Gasteiger partial charge in [0.1, 0.15) is 6.07 Å². The van der Waals surface area contributed by atoms with Gasteiger partial charge in [0, 0.05) is 34.4 Å². The van der Waals surface area contributed by atoms with E-state index in [4.69, 9.17) is 5.26 Å². The SMILES string of the molecule is CC(=O)ON=C(C#N)c1ccc(Sc2ccc([N+](=O)[O-])cc2)cc1. The number of rotatable bonds is 5. The largest absolute Gasteiger partial charge is 0.332 e. The van der Waals surface area contributed by atoms with Crippen LogP contribution in [0, 0.1) is 21.4 Å². The molecule has 7 nitrogen and oxygen atoms in total. The van der Waals surface area contributed by atoms with E-state index in [0.717, 1.165) is 9.79 Å². The summed E-state index contributed by atoms with van der Waals surface area (Å²) in [6, 6.07) is 15.0. The maximum Gasteiger partial charge on any atom is 0.332 e. The van der Waals surface area contributed by atoms with Gasteiger partial charge in [-0.25, -0.2) is 4.79 Å². The maximum absolute atomic E-state index is 10.7. The number of hydrogen-bond donors (Lipinski definition) is 0. The molecule has 0 aliphatic heterocycles. The topological polar surface area (TPSA) is 106 Å². The first-order valence-corrected chi connectivity index (χ1v) is 7.49. The zero-order valence-electron chi connectivity index (χ0n) is 12.5. The second kappa shape index (κ2) is 7.89. The van der Waals surface area contributed by atoms with Crippen LogP contribution in [-0.2, 0) is 9.63 Å². The van der Waals surface area contributed by atoms with E-state index in [0.29, 0.717) is 5.56 Å². The summed E-state index contributed by atoms with van der Waals surface area (Å²) in [5.74, 6) is -0.604. The van der Waals surface area contributed by atoms with Gasteiger partial charge in [-0.3, -0.25) is 10.1 Å². The standard InChI is InChI=1S/C16H11N3O4S/c1-11(20)23-18-16(10-17)12-2-6-14(7-3-12)24-15-8-4-13(5-9-15)19(21)22/h2-9H,1H3. The summed E-state index contributed by atoms with van der Waals surface area (Å²) in [5.41, 5.74) is 0.555. The normalized spacial score (nSPS) is 10.8. The number of benzene rings is 2. The lowest BCUT2D eigenvalue weighted by Gasteiger charge is -2.03. The second-order valence-corrected chi connectivity index (χ2v) is 5.66. The molecule has 0 amide bonds. The van der Waals surface area contributed by atoms with Crippen LogP contribution >= 0.6 is 11.8 Å². The minimum absolute atomic E-state index is 0.00270. The molecule has 2 aromatic carbocycles. The zero-order chi connectivity index (χ0) is 17.5. The number of nitro groups is 1. The Morgan fingerprint density at radius 3 is 2.17 bits per heavy atom. The molecule has 0 saturated heterocycles. The van der Waals surface area contributed by atoms with Crippen molar-refractivity contribution < 1.29 is 14.6 Å². The smallest absolute Gasteiger partial charge is 0.317 e. The predicted molar refractivity (Wildman–Crippen MR) is 87.6 cm³/mol. The monoisotopic (exact) mass is 341 g/mol. The van der Waals surface area contributed by atoms with Gasteiger partial charge in [0.25, 0.3) is 5.69 Å². The van der Waals surface area contributed by atoms with E-state index >= 15 is 0 Å². The maximum atomic E-state index is 10.7. The molecule has 120 valence electrons. The molecule has 2 aromatic rings. The van der Waals surface area contributed by atoms with Crippen molar-refractivity contribution in [3.05, 3.63) is 64.2 Å². The highest BCUT2D eigenvalue weighted by molar-refractivity contribution is 7.99. The number of nitrogens with zero attached hydrogens (tertiary/aromatic N) is 3. The Balaban J connectivity index is 2.11. The lowest BCUT2D eigenvalue weighted by molar-refractivity contribution is -0.384. The highest BCUT2D eigenvalue weighted by Gasteiger charge is 2.07. The summed E-state index contributed by atoms with van der Waals surface area (Å²) < 4.78 is 0. The van der Waals surface area contributed by atoms with Crippen molar-refractivity contribution in [2.24, 2.45) is 5.16 Å². The van der Waals surface area contributed by atoms with E-state index in [9.17, 15) is 14.9 Å². The van der Waals surface area contributed by atoms with Crippen LogP contribution in [0.1, 0.15) is 12.5 Å². The first kappa shape index (κ1) is 17.2. The van der Waals surface area contributed by atoms with Crippen molar-refractivity contribution in [2.75, 3.05) is 0 Å². The van der Waals surface area contributed by atoms with Gasteiger partial charge in [0.05, 0.1) is 4.92 Å². The van der Waals surface area contributed by atoms with Crippen molar-refractivity contribution in [3.8, 4) is 6.07 Å². The third-order valence-corrected chi connectivity index (χ3v) is 3.80. The molecule has 0 spiro atoms. The van der Waals surface area contributed by atoms with E-state index in [1.54, 1.807) is 36.4 Å². The van der Waals surface area contributed by atoms with Gasteiger partial charge in [-0.05, 0) is 24.3 Å². The van der Waals surface area contributed by atoms with Gasteiger partial charge in [-0.2, -0.15) is 5.26 Å². The Labute approximate surface area is 141 Å². The molecular formula is C16H11N3O4S. The van der Waals surface area contributed by atoms with Crippen molar-refractivity contribution in [1.29, 1.82) is 5.26 Å². The molecule has 0 radical (unpaired) electrons. The van der Waals surface area contributed by atoms with Crippen LogP contribution in [-0.4, -0.2) is 16.6 Å². The van der Waals surface area contributed by atoms with Crippen molar-refractivity contribution in [2.45, 2.75) is 16.7 Å². The van der Waals surface area contributed by atoms with E-state index < -0.39 is 10.9 Å². The second-order valence-electron chi connectivity index (χ2n) is 4.51. The van der Waals surface area contributed by atoms with E-state index in [-0.39, 0.29) is 11.4 Å². The summed E-state index contributed by atoms with van der Waals surface area (Å²) in [4.78, 5) is 27.1. The zero-order valence-corrected chi connectivity index (χ0v) is 13.3. The summed E-state index contributed by atoms with van der Waals surface area (Å²) in [7, 11) is 0. The Bertz CT molecular complexity index is 824. The third-order valence-electron chi connectivity index (χ3n) is 2.78. The van der Waals surface area contributed by atoms with Crippen LogP contribution in [0.5, 0.6) is 0 Å². The molecule has 8 heteroatoms. The van der Waals surface area contributed by atoms with Crippen LogP contribution in [0.2, 0.25) is 0 Å². The van der Waals surface area contributed by atoms with Crippen LogP contribution in [0.4, 0.5) is 5.69 Å². The van der Waals surface area contributed by atoms with Gasteiger partial charge in [-0.1, -0.05) is 29.1 Å². The molecular weight excluding hydrogens is 330 g/mol. The highest BCUT2D eigenvalue weighted by atomic mass is 32.2. The molecule has 0 aromatic heterocycles. The predicted octanol–water partition coefficient (Wildman–Crippen LogP) is 3.54. The Morgan fingerprint density at radius 1 is 1.17 bits per heavy atom. The lowest BCUT2D eigenvalue weighted by atomic mass is 10.1. The van der Waals surface area contributed by atoms with Crippen LogP contribution in [0.3, 0.4) is 0 Å². The number of nitriles is 1. The lowest BCUT2D eigenvalue weighted by Crippen LogP contribution is -2.01. The third kappa shape index (κ3) is 4.66. The van der Waals surface area contributed by atoms with Crippen molar-refractivity contribution in [3.63, 3.8) is 0 Å². The van der Waals surface area contributed by atoms with Gasteiger partial charge in [-0.15, -0.1) is 0 Å². The number of carbonyl (C=O) groups excluding carboxylic acids is 1. The molecule has 0 N–H and O–H groups in total. The van der Waals surface area contributed by atoms with E-state index in [2.05, 4.69) is 9.99 Å². The molecule has 0 aliphatic carbocycles. The van der Waals surface area contributed by atoms with Crippen LogP contribution < -0.4 is 0 Å². The van der Waals surface area contributed by atoms with Crippen molar-refractivity contribution >= 4 is 29.1 Å². The molecule has 0 heterocycles. The summed E-state index contributed by atoms with van der Waals surface area (Å²) in [5, 5.41) is 23.1. The fourth-order valence-corrected chi connectivity index (χ4v) is 2.52. The van der Waals surface area contributed by atoms with E-state index in [1.807, 2.05) is 6.07 Å². The quantitative estimate of drug-likeness (QED) is 0.356. The fourth-order valence-electron chi connectivity index (χ4n) is 1.70. The molecule has 0 aliphatic rings. The number of nitro benzene ring substituents is 1. The summed E-state index contributed by atoms with van der Waals surface area (Å²) in [6.45, 7) is 1.20. The minimum Gasteiger partial charge on any atom is -0.317 e. The first-order valence-electron chi connectivity index (χ1n) is 6.68. The molecule has 0 unspecified atom stereocenters. The first-order chi connectivity index (χ1) is 11.5. The van der Waals surface area contributed by atoms with Crippen LogP contribution in [0.25, 0.3) is 0 Å². The Hall–Kier alpha value is -3.18. The Morgan fingerprint density at radius 2 is 1.71 bits per heavy atom. The van der Waals surface area contributed by atoms with Crippen molar-refractivity contribution in [1.82, 2.24) is 0 Å². The molecule has 0 saturated carbocycles. The van der Waals surface area contributed by atoms with Gasteiger partial charge < -0.3 is 4.84 Å². The number of oxime groups is 1. The van der Waals surface area contributed by atoms with Gasteiger partial charge in [0.2, 0.25) is 0 Å². The number of carbonyl (C=O) groups is 1. The molecule has 0 fully saturated rings. The minimum atomic E-state index is -0.604. The summed E-state index contributed by atoms with van der Waals surface area (Å²) in [6.07, 6.45) is 0. The van der Waals surface area contributed by atoms with Crippen LogP contribution in [0.15, 0.2) is 63.5 Å². The molecule has 0 atom stereocenters. The fraction of sp³-hybridized carbons (Fsp3) is 0.0625. The van der Waals surface area contributed by atoms with E-state index in [1.165, 1.54) is 30.8 Å². The average molecular weight is 341 g/mol. The van der Waals surface area contributed by atoms with Gasteiger partial charge >= 0.3 is 5.97 Å². The highest BCUT2D eigenvalue weighted by Crippen LogP contribution is 2.29. The van der Waals surface area contributed by atoms with Gasteiger partial charge in [0.15, 0.2) is 5.71 Å². The average Bonchev–Trinajstić information content (AvgIpc) is 2.57. The number of hydrogen-bond acceptors (Lipinski definition) is 7. The Kier molecular flexibility index (Phi) is 5.65. The number of non-ortho nitro benzene ring substituents is 1. The molecule has 0 bridgehead atoms. The molecule has 24 heavy (non-hydrogen) atoms. The summed E-state index contributed by atoms with van der Waals surface area (Å²) >= 11 is 1.42. The molecule has 2 rings (SSSR count).